The largest absolute Gasteiger partial charge is 0.496 e. The smallest absolute Gasteiger partial charge is 0.134 e. The Balaban J connectivity index is 1.73. The molecule has 216 valence electrons. The number of aryl methyl sites for hydroxylation is 2. The molecule has 0 saturated carbocycles. The van der Waals surface area contributed by atoms with Crippen molar-refractivity contribution in [2.24, 2.45) is 0 Å². The van der Waals surface area contributed by atoms with Crippen molar-refractivity contribution in [2.45, 2.75) is 38.0 Å². The highest BCUT2D eigenvalue weighted by molar-refractivity contribution is 7.67. The summed E-state index contributed by atoms with van der Waals surface area (Å²) in [6, 6.07) is 40.4. The zero-order valence-electron chi connectivity index (χ0n) is 25.2. The van der Waals surface area contributed by atoms with Crippen molar-refractivity contribution in [3.8, 4) is 33.8 Å². The normalized spacial score (nSPS) is 18.3. The molecule has 6 rings (SSSR count). The number of carbonyl (C=O) groups excluding carboxylic acids is 1. The van der Waals surface area contributed by atoms with Crippen LogP contribution in [0.1, 0.15) is 46.4 Å². The minimum Gasteiger partial charge on any atom is -0.496 e. The van der Waals surface area contributed by atoms with Crippen molar-refractivity contribution in [2.75, 3.05) is 14.2 Å². The second-order valence-electron chi connectivity index (χ2n) is 11.2. The highest BCUT2D eigenvalue weighted by Gasteiger charge is 2.42. The second-order valence-corrected chi connectivity index (χ2v) is 13.7. The van der Waals surface area contributed by atoms with Crippen LogP contribution in [0.3, 0.4) is 0 Å². The summed E-state index contributed by atoms with van der Waals surface area (Å²) in [6.07, 6.45) is 1.06. The molecule has 1 aliphatic rings. The molecule has 1 heterocycles. The number of hydrogen-bond acceptors (Lipinski definition) is 3. The number of carbonyl (C=O) groups is 1. The molecule has 0 aliphatic carbocycles. The van der Waals surface area contributed by atoms with E-state index >= 15 is 0 Å². The van der Waals surface area contributed by atoms with Gasteiger partial charge in [0.05, 0.1) is 14.2 Å². The monoisotopic (exact) mass is 584 g/mol. The van der Waals surface area contributed by atoms with Crippen molar-refractivity contribution in [3.05, 3.63) is 138 Å². The van der Waals surface area contributed by atoms with Crippen LogP contribution in [0.15, 0.2) is 115 Å². The van der Waals surface area contributed by atoms with Gasteiger partial charge in [-0.15, -0.1) is 0 Å². The van der Waals surface area contributed by atoms with Gasteiger partial charge in [-0.25, -0.2) is 0 Å². The fourth-order valence-corrected chi connectivity index (χ4v) is 10.7. The van der Waals surface area contributed by atoms with Gasteiger partial charge in [0.2, 0.25) is 0 Å². The minimum atomic E-state index is -0.961. The summed E-state index contributed by atoms with van der Waals surface area (Å²) in [4.78, 5) is 13.7. The van der Waals surface area contributed by atoms with Crippen LogP contribution in [-0.4, -0.2) is 20.0 Å². The van der Waals surface area contributed by atoms with Gasteiger partial charge >= 0.3 is 0 Å². The highest BCUT2D eigenvalue weighted by Crippen LogP contribution is 2.68. The number of ether oxygens (including phenoxy) is 2. The molecular formula is C39H37O3P. The maximum Gasteiger partial charge on any atom is 0.134 e. The highest BCUT2D eigenvalue weighted by atomic mass is 31.1. The lowest BCUT2D eigenvalue weighted by Gasteiger charge is -2.42. The molecule has 0 spiro atoms. The average Bonchev–Trinajstić information content (AvgIpc) is 3.04. The molecule has 5 aromatic carbocycles. The Kier molecular flexibility index (Phi) is 8.45. The molecule has 43 heavy (non-hydrogen) atoms. The standard InChI is InChI=1S/C39H37O3P/c1-26-14-5-7-16-29(26)37-24-28(40)25-38(30-17-8-6-15-27(30)2)43(37)39-33(31-18-9-11-22-35(31)41-3)20-13-21-34(39)32-19-10-12-23-36(32)42-4/h5-23,37-38H,24-25H2,1-4H3. The van der Waals surface area contributed by atoms with E-state index in [-0.39, 0.29) is 11.3 Å². The zero-order chi connectivity index (χ0) is 29.9. The molecule has 1 aliphatic heterocycles. The number of benzene rings is 5. The lowest BCUT2D eigenvalue weighted by Crippen LogP contribution is -2.26. The maximum atomic E-state index is 13.7. The van der Waals surface area contributed by atoms with Gasteiger partial charge in [0.15, 0.2) is 0 Å². The Morgan fingerprint density at radius 2 is 0.930 bits per heavy atom. The SMILES string of the molecule is COc1ccccc1-c1cccc(-c2ccccc2OC)c1P1C(c2ccccc2C)CC(=O)CC1c1ccccc1C. The first-order chi connectivity index (χ1) is 21.0. The van der Waals surface area contributed by atoms with Crippen LogP contribution >= 0.6 is 7.92 Å². The van der Waals surface area contributed by atoms with Crippen LogP contribution in [0.25, 0.3) is 22.3 Å². The molecule has 0 radical (unpaired) electrons. The molecule has 2 atom stereocenters. The summed E-state index contributed by atoms with van der Waals surface area (Å²) in [7, 11) is 2.51. The van der Waals surface area contributed by atoms with Gasteiger partial charge in [0.1, 0.15) is 17.3 Å². The van der Waals surface area contributed by atoms with E-state index in [9.17, 15) is 4.79 Å². The topological polar surface area (TPSA) is 35.5 Å². The number of hydrogen-bond donors (Lipinski definition) is 0. The van der Waals surface area contributed by atoms with Gasteiger partial charge in [0, 0.05) is 35.3 Å². The summed E-state index contributed by atoms with van der Waals surface area (Å²) in [6.45, 7) is 4.36. The first kappa shape index (κ1) is 28.9. The lowest BCUT2D eigenvalue weighted by molar-refractivity contribution is -0.119. The van der Waals surface area contributed by atoms with E-state index in [4.69, 9.17) is 9.47 Å². The molecule has 0 amide bonds. The quantitative estimate of drug-likeness (QED) is 0.179. The third kappa shape index (κ3) is 5.51. The Bertz CT molecular complexity index is 1650. The molecule has 5 aromatic rings. The number of methoxy groups -OCH3 is 2. The van der Waals surface area contributed by atoms with Crippen LogP contribution in [0.5, 0.6) is 11.5 Å². The first-order valence-electron chi connectivity index (χ1n) is 14.8. The molecule has 3 nitrogen and oxygen atoms in total. The first-order valence-corrected chi connectivity index (χ1v) is 16.3. The molecular weight excluding hydrogens is 547 g/mol. The van der Waals surface area contributed by atoms with E-state index in [0.717, 1.165) is 33.8 Å². The number of para-hydroxylation sites is 2. The van der Waals surface area contributed by atoms with Crippen LogP contribution in [-0.2, 0) is 4.79 Å². The zero-order valence-corrected chi connectivity index (χ0v) is 26.1. The fraction of sp³-hybridized carbons (Fsp3) is 0.205. The molecule has 2 unspecified atom stereocenters. The third-order valence-corrected chi connectivity index (χ3v) is 12.0. The number of Topliss-reactive ketones (excluding diaryl/α,β-unsaturated/α-hetero) is 1. The van der Waals surface area contributed by atoms with Crippen molar-refractivity contribution in [3.63, 3.8) is 0 Å². The summed E-state index contributed by atoms with van der Waals surface area (Å²) in [5.74, 6) is 2.00. The van der Waals surface area contributed by atoms with Crippen molar-refractivity contribution in [1.29, 1.82) is 0 Å². The second kappa shape index (κ2) is 12.6. The predicted molar refractivity (Wildman–Crippen MR) is 179 cm³/mol. The maximum absolute atomic E-state index is 13.7. The Hall–Kier alpha value is -4.20. The predicted octanol–water partition coefficient (Wildman–Crippen LogP) is 9.61. The third-order valence-electron chi connectivity index (χ3n) is 8.70. The Labute approximate surface area is 256 Å². The molecule has 1 saturated heterocycles. The van der Waals surface area contributed by atoms with E-state index in [1.165, 1.54) is 27.6 Å². The average molecular weight is 585 g/mol. The van der Waals surface area contributed by atoms with Crippen LogP contribution in [0.2, 0.25) is 0 Å². The summed E-state index contributed by atoms with van der Waals surface area (Å²) in [5, 5.41) is 1.29. The fourth-order valence-electron chi connectivity index (χ4n) is 6.67. The van der Waals surface area contributed by atoms with Crippen LogP contribution in [0.4, 0.5) is 0 Å². The van der Waals surface area contributed by atoms with Gasteiger partial charge in [-0.05, 0) is 64.7 Å². The van der Waals surface area contributed by atoms with Crippen LogP contribution < -0.4 is 14.8 Å². The van der Waals surface area contributed by atoms with Gasteiger partial charge in [-0.3, -0.25) is 4.79 Å². The van der Waals surface area contributed by atoms with Gasteiger partial charge in [0.25, 0.3) is 0 Å². The number of rotatable bonds is 7. The van der Waals surface area contributed by atoms with Gasteiger partial charge in [-0.2, -0.15) is 0 Å². The van der Waals surface area contributed by atoms with Crippen molar-refractivity contribution < 1.29 is 14.3 Å². The number of ketones is 1. The Morgan fingerprint density at radius 3 is 1.37 bits per heavy atom. The van der Waals surface area contributed by atoms with E-state index in [2.05, 4.69) is 105 Å². The summed E-state index contributed by atoms with van der Waals surface area (Å²) in [5.41, 5.74) is 9.53. The van der Waals surface area contributed by atoms with E-state index in [1.807, 2.05) is 24.3 Å². The van der Waals surface area contributed by atoms with Crippen molar-refractivity contribution >= 4 is 19.0 Å². The molecule has 0 N–H and O–H groups in total. The van der Waals surface area contributed by atoms with Crippen LogP contribution in [0, 0.1) is 13.8 Å². The van der Waals surface area contributed by atoms with Crippen molar-refractivity contribution in [1.82, 2.24) is 0 Å². The van der Waals surface area contributed by atoms with E-state index in [1.54, 1.807) is 14.2 Å². The van der Waals surface area contributed by atoms with Gasteiger partial charge in [-0.1, -0.05) is 111 Å². The molecule has 0 aromatic heterocycles. The van der Waals surface area contributed by atoms with Gasteiger partial charge < -0.3 is 9.47 Å². The molecule has 4 heteroatoms. The van der Waals surface area contributed by atoms with E-state index in [0.29, 0.717) is 18.6 Å². The summed E-state index contributed by atoms with van der Waals surface area (Å²) >= 11 is 0. The molecule has 0 bridgehead atoms. The minimum absolute atomic E-state index is 0.0615. The Morgan fingerprint density at radius 1 is 0.535 bits per heavy atom. The molecule has 1 fully saturated rings. The summed E-state index contributed by atoms with van der Waals surface area (Å²) < 4.78 is 11.9. The lowest BCUT2D eigenvalue weighted by atomic mass is 9.96. The van der Waals surface area contributed by atoms with E-state index < -0.39 is 7.92 Å².